The Labute approximate surface area is 169 Å². The fourth-order valence-corrected chi connectivity index (χ4v) is 3.62. The third kappa shape index (κ3) is 3.83. The average Bonchev–Trinajstić information content (AvgIpc) is 3.03. The second-order valence-electron chi connectivity index (χ2n) is 6.88. The smallest absolute Gasteiger partial charge is 0.329 e. The highest BCUT2D eigenvalue weighted by molar-refractivity contribution is 5.80. The van der Waals surface area contributed by atoms with Crippen LogP contribution in [-0.2, 0) is 16.2 Å². The summed E-state index contributed by atoms with van der Waals surface area (Å²) in [4.78, 5) is 32.5. The van der Waals surface area contributed by atoms with Crippen molar-refractivity contribution in [3.05, 3.63) is 52.4 Å². The topological polar surface area (TPSA) is 93.8 Å². The van der Waals surface area contributed by atoms with Gasteiger partial charge in [-0.05, 0) is 5.56 Å². The van der Waals surface area contributed by atoms with Crippen molar-refractivity contribution in [2.45, 2.75) is 19.0 Å². The summed E-state index contributed by atoms with van der Waals surface area (Å²) in [6.45, 7) is 2.38. The largest absolute Gasteiger partial charge is 0.493 e. The van der Waals surface area contributed by atoms with Crippen molar-refractivity contribution in [3.63, 3.8) is 0 Å². The fraction of sp³-hybridized carbons (Fsp3) is 0.389. The zero-order valence-electron chi connectivity index (χ0n) is 15.7. The quantitative estimate of drug-likeness (QED) is 0.745. The van der Waals surface area contributed by atoms with Crippen molar-refractivity contribution in [3.8, 4) is 0 Å². The molecule has 0 amide bonds. The first-order valence-corrected chi connectivity index (χ1v) is 9.27. The Hall–Kier alpha value is -3.12. The Kier molecular flexibility index (Phi) is 5.35. The van der Waals surface area contributed by atoms with Crippen molar-refractivity contribution >= 4 is 17.3 Å². The van der Waals surface area contributed by atoms with E-state index in [2.05, 4.69) is 15.5 Å². The van der Waals surface area contributed by atoms with Crippen LogP contribution in [0.3, 0.4) is 0 Å². The normalized spacial score (nSPS) is 19.6. The van der Waals surface area contributed by atoms with Crippen molar-refractivity contribution in [1.29, 1.82) is 0 Å². The lowest BCUT2D eigenvalue weighted by atomic mass is 10.2. The Balaban J connectivity index is 1.78. The van der Waals surface area contributed by atoms with Crippen LogP contribution in [0.15, 0.2) is 41.3 Å². The van der Waals surface area contributed by atoms with Gasteiger partial charge >= 0.3 is 12.1 Å². The molecule has 0 aliphatic carbocycles. The zero-order chi connectivity index (χ0) is 21.3. The summed E-state index contributed by atoms with van der Waals surface area (Å²) >= 11 is 0. The average molecular weight is 424 g/mol. The summed E-state index contributed by atoms with van der Waals surface area (Å²) in [6.07, 6.45) is -4.94. The van der Waals surface area contributed by atoms with E-state index in [4.69, 9.17) is 4.84 Å². The minimum atomic E-state index is -5.18. The Morgan fingerprint density at radius 1 is 1.20 bits per heavy atom. The maximum atomic E-state index is 12.9. The minimum Gasteiger partial charge on any atom is -0.329 e. The number of benzene rings is 1. The van der Waals surface area contributed by atoms with Gasteiger partial charge in [-0.15, -0.1) is 0 Å². The molecule has 12 heteroatoms. The molecular formula is C18H19F3N6O3. The zero-order valence-corrected chi connectivity index (χ0v) is 15.7. The van der Waals surface area contributed by atoms with Crippen LogP contribution in [0.4, 0.5) is 24.5 Å². The van der Waals surface area contributed by atoms with Gasteiger partial charge in [0.2, 0.25) is 0 Å². The van der Waals surface area contributed by atoms with E-state index in [1.165, 1.54) is 6.20 Å². The standard InChI is InChI=1S/C18H19F3N6O3/c19-18(20,21)16(29)30-27-13-10-23-24-15(28)14(13)26(11-12-4-2-1-3-5-12)17(27)25-8-6-22-7-9-25/h1-5,10,17,22H,6-9,11H2,(H,24,28). The van der Waals surface area contributed by atoms with Crippen molar-refractivity contribution in [1.82, 2.24) is 20.4 Å². The molecule has 2 aliphatic rings. The van der Waals surface area contributed by atoms with Gasteiger partial charge in [0.1, 0.15) is 11.4 Å². The number of rotatable bonds is 4. The highest BCUT2D eigenvalue weighted by Crippen LogP contribution is 2.39. The van der Waals surface area contributed by atoms with Gasteiger partial charge in [0.15, 0.2) is 6.29 Å². The molecule has 1 fully saturated rings. The van der Waals surface area contributed by atoms with Gasteiger partial charge in [-0.3, -0.25) is 9.69 Å². The number of carbonyl (C=O) groups excluding carboxylic acids is 1. The first-order chi connectivity index (χ1) is 14.4. The van der Waals surface area contributed by atoms with E-state index >= 15 is 0 Å². The number of aromatic nitrogens is 2. The molecule has 0 spiro atoms. The summed E-state index contributed by atoms with van der Waals surface area (Å²) in [5.41, 5.74) is 0.334. The molecule has 3 heterocycles. The number of carbonyl (C=O) groups is 1. The fourth-order valence-electron chi connectivity index (χ4n) is 3.62. The number of anilines is 2. The maximum Gasteiger partial charge on any atom is 0.493 e. The third-order valence-electron chi connectivity index (χ3n) is 4.91. The Bertz CT molecular complexity index is 962. The second kappa shape index (κ2) is 7.95. The van der Waals surface area contributed by atoms with Crippen LogP contribution in [0.25, 0.3) is 0 Å². The minimum absolute atomic E-state index is 0.00388. The lowest BCUT2D eigenvalue weighted by Gasteiger charge is -2.41. The number of aromatic amines is 1. The molecule has 9 nitrogen and oxygen atoms in total. The van der Waals surface area contributed by atoms with Crippen molar-refractivity contribution in [2.75, 3.05) is 36.1 Å². The van der Waals surface area contributed by atoms with Crippen LogP contribution >= 0.6 is 0 Å². The van der Waals surface area contributed by atoms with Gasteiger partial charge in [0.05, 0.1) is 6.20 Å². The molecule has 2 aliphatic heterocycles. The molecule has 1 atom stereocenters. The highest BCUT2D eigenvalue weighted by atomic mass is 19.4. The first-order valence-electron chi connectivity index (χ1n) is 9.27. The summed E-state index contributed by atoms with van der Waals surface area (Å²) in [5.74, 6) is -2.37. The summed E-state index contributed by atoms with van der Waals surface area (Å²) < 4.78 is 38.8. The van der Waals surface area contributed by atoms with Crippen LogP contribution < -0.4 is 20.8 Å². The van der Waals surface area contributed by atoms with E-state index in [0.717, 1.165) is 10.6 Å². The van der Waals surface area contributed by atoms with Crippen molar-refractivity contribution < 1.29 is 22.8 Å². The number of hydrogen-bond acceptors (Lipinski definition) is 8. The number of fused-ring (bicyclic) bond motifs is 1. The van der Waals surface area contributed by atoms with E-state index in [1.807, 2.05) is 35.2 Å². The highest BCUT2D eigenvalue weighted by Gasteiger charge is 2.49. The summed E-state index contributed by atoms with van der Waals surface area (Å²) in [5, 5.41) is 10.00. The molecule has 2 aromatic rings. The van der Waals surface area contributed by atoms with E-state index in [9.17, 15) is 22.8 Å². The summed E-state index contributed by atoms with van der Waals surface area (Å²) in [7, 11) is 0. The third-order valence-corrected chi connectivity index (χ3v) is 4.91. The van der Waals surface area contributed by atoms with Crippen LogP contribution in [0.5, 0.6) is 0 Å². The molecule has 1 aromatic carbocycles. The number of alkyl halides is 3. The lowest BCUT2D eigenvalue weighted by molar-refractivity contribution is -0.203. The Morgan fingerprint density at radius 3 is 2.57 bits per heavy atom. The molecule has 4 rings (SSSR count). The number of hydroxylamine groups is 1. The van der Waals surface area contributed by atoms with Gasteiger partial charge in [-0.2, -0.15) is 23.3 Å². The van der Waals surface area contributed by atoms with E-state index in [0.29, 0.717) is 26.2 Å². The van der Waals surface area contributed by atoms with E-state index in [1.54, 1.807) is 4.90 Å². The van der Waals surface area contributed by atoms with E-state index in [-0.39, 0.29) is 17.9 Å². The number of hydrogen-bond donors (Lipinski definition) is 2. The molecule has 2 N–H and O–H groups in total. The lowest BCUT2D eigenvalue weighted by Crippen LogP contribution is -2.60. The molecule has 0 radical (unpaired) electrons. The second-order valence-corrected chi connectivity index (χ2v) is 6.88. The van der Waals surface area contributed by atoms with Crippen LogP contribution in [0.2, 0.25) is 0 Å². The number of nitrogens with one attached hydrogen (secondary N) is 2. The summed E-state index contributed by atoms with van der Waals surface area (Å²) in [6, 6.07) is 9.17. The van der Waals surface area contributed by atoms with Crippen LogP contribution in [0, 0.1) is 0 Å². The monoisotopic (exact) mass is 424 g/mol. The van der Waals surface area contributed by atoms with Gasteiger partial charge in [0.25, 0.3) is 5.56 Å². The molecular weight excluding hydrogens is 405 g/mol. The predicted octanol–water partition coefficient (Wildman–Crippen LogP) is 0.806. The predicted molar refractivity (Wildman–Crippen MR) is 100 cm³/mol. The van der Waals surface area contributed by atoms with Gasteiger partial charge in [-0.25, -0.2) is 9.89 Å². The van der Waals surface area contributed by atoms with Crippen LogP contribution in [-0.4, -0.2) is 59.7 Å². The molecule has 0 bridgehead atoms. The van der Waals surface area contributed by atoms with E-state index < -0.39 is 24.0 Å². The molecule has 1 saturated heterocycles. The SMILES string of the molecule is O=C(ON1c2cn[nH]c(=O)c2N(Cc2ccccc2)C1N1CCNCC1)C(F)(F)F. The molecule has 1 aromatic heterocycles. The first kappa shape index (κ1) is 20.2. The van der Waals surface area contributed by atoms with Gasteiger partial charge in [0, 0.05) is 32.7 Å². The van der Waals surface area contributed by atoms with Gasteiger partial charge in [-0.1, -0.05) is 30.3 Å². The molecule has 1 unspecified atom stereocenters. The van der Waals surface area contributed by atoms with Crippen LogP contribution in [0.1, 0.15) is 5.56 Å². The number of nitrogens with zero attached hydrogens (tertiary/aromatic N) is 4. The molecule has 0 saturated carbocycles. The maximum absolute atomic E-state index is 12.9. The molecule has 160 valence electrons. The van der Waals surface area contributed by atoms with Crippen molar-refractivity contribution in [2.24, 2.45) is 0 Å². The number of halogens is 3. The molecule has 30 heavy (non-hydrogen) atoms. The number of H-pyrrole nitrogens is 1. The van der Waals surface area contributed by atoms with Gasteiger partial charge < -0.3 is 15.1 Å². The number of piperazine rings is 1. The Morgan fingerprint density at radius 2 is 1.90 bits per heavy atom.